The van der Waals surface area contributed by atoms with Gasteiger partial charge in [-0.3, -0.25) is 5.73 Å². The molecular weight excluding hydrogens is 192 g/mol. The summed E-state index contributed by atoms with van der Waals surface area (Å²) in [5, 5.41) is 6.04. The summed E-state index contributed by atoms with van der Waals surface area (Å²) in [7, 11) is -8.34. The Balaban J connectivity index is 5.08. The highest BCUT2D eigenvalue weighted by Gasteiger charge is 2.45. The van der Waals surface area contributed by atoms with E-state index < -0.39 is 19.9 Å². The molecule has 0 fully saturated rings. The van der Waals surface area contributed by atoms with Crippen LogP contribution in [0.1, 0.15) is 0 Å². The van der Waals surface area contributed by atoms with Gasteiger partial charge in [0, 0.05) is 0 Å². The zero-order chi connectivity index (χ0) is 9.50. The zero-order valence-electron chi connectivity index (χ0n) is 5.62. The monoisotopic (exact) mass is 203 g/mol. The minimum Gasteiger partial charge on any atom is -0.361 e. The predicted molar refractivity (Wildman–Crippen MR) is 46.1 cm³/mol. The van der Waals surface area contributed by atoms with Gasteiger partial charge in [0.25, 0.3) is 0 Å². The first-order chi connectivity index (χ1) is 4.50. The largest absolute Gasteiger partial charge is 0.361 e. The smallest absolute Gasteiger partial charge is 0.245 e. The second-order valence-corrected chi connectivity index (χ2v) is 6.79. The summed E-state index contributed by atoms with van der Waals surface area (Å²) in [6.07, 6.45) is 5.45. The molecule has 0 amide bonds. The second kappa shape index (κ2) is 2.69. The average molecular weight is 203 g/mol. The van der Waals surface area contributed by atoms with Crippen LogP contribution in [-0.2, 0) is 0 Å². The van der Waals surface area contributed by atoms with Gasteiger partial charge < -0.3 is 24.7 Å². The molecule has 8 heteroatoms. The van der Waals surface area contributed by atoms with Gasteiger partial charge in [-0.05, 0) is 12.6 Å². The molecule has 0 saturated carbocycles. The Labute approximate surface area is 63.8 Å². The molecule has 0 aromatic heterocycles. The highest BCUT2D eigenvalue weighted by atomic mass is 31.2. The summed E-state index contributed by atoms with van der Waals surface area (Å²) in [5.41, 5.74) is 4.80. The molecule has 0 aliphatic carbocycles. The molecule has 11 heavy (non-hydrogen) atoms. The highest BCUT2D eigenvalue weighted by molar-refractivity contribution is 7.81. The molecule has 0 unspecified atom stereocenters. The Morgan fingerprint density at radius 1 is 1.00 bits per heavy atom. The molecule has 0 aliphatic heterocycles. The van der Waals surface area contributed by atoms with E-state index in [-0.39, 0.29) is 0 Å². The fraction of sp³-hybridized carbons (Fsp3) is 0.333. The van der Waals surface area contributed by atoms with Crippen LogP contribution in [0.15, 0.2) is 0 Å². The number of nitrogens with two attached hydrogens (primary N) is 1. The van der Waals surface area contributed by atoms with Gasteiger partial charge in [-0.25, -0.2) is 0 Å². The fourth-order valence-corrected chi connectivity index (χ4v) is 2.31. The van der Waals surface area contributed by atoms with Crippen LogP contribution in [-0.4, -0.2) is 42.5 Å². The fourth-order valence-electron chi connectivity index (χ4n) is 0.256. The van der Waals surface area contributed by atoms with Crippen molar-refractivity contribution in [1.29, 1.82) is 0 Å². The summed E-state index contributed by atoms with van der Waals surface area (Å²) in [4.78, 5) is 34.9. The highest BCUT2D eigenvalue weighted by Crippen LogP contribution is 2.63. The van der Waals surface area contributed by atoms with Crippen LogP contribution < -0.4 is 5.73 Å². The topological polar surface area (TPSA) is 127 Å². The van der Waals surface area contributed by atoms with E-state index in [1.54, 1.807) is 0 Å². The third-order valence-corrected chi connectivity index (χ3v) is 5.08. The number of hydrogen-bond donors (Lipinski definition) is 6. The van der Waals surface area contributed by atoms with E-state index in [1.807, 2.05) is 0 Å². The van der Waals surface area contributed by atoms with Crippen molar-refractivity contribution in [3.05, 3.63) is 0 Å². The van der Waals surface area contributed by atoms with Crippen LogP contribution in [0.3, 0.4) is 0 Å². The maximum absolute atomic E-state index is 8.94. The van der Waals surface area contributed by atoms with Crippen molar-refractivity contribution >= 4 is 27.3 Å². The van der Waals surface area contributed by atoms with E-state index in [4.69, 9.17) is 30.4 Å². The summed E-state index contributed by atoms with van der Waals surface area (Å²) in [6.45, 7) is 0. The second-order valence-electron chi connectivity index (χ2n) is 2.15. The van der Waals surface area contributed by atoms with E-state index >= 15 is 0 Å². The summed E-state index contributed by atoms with van der Waals surface area (Å²) < 4.78 is 0. The van der Waals surface area contributed by atoms with Gasteiger partial charge in [0.05, 0.1) is 0 Å². The third kappa shape index (κ3) is 2.15. The van der Waals surface area contributed by atoms with Crippen molar-refractivity contribution in [2.45, 2.75) is 5.21 Å². The molecular formula is C3H11NO5P2. The molecule has 0 aliphatic rings. The molecule has 0 atom stereocenters. The first-order valence-electron chi connectivity index (χ1n) is 2.39. The average Bonchev–Trinajstić information content (AvgIpc) is 1.58. The van der Waals surface area contributed by atoms with Gasteiger partial charge in [0.1, 0.15) is 0 Å². The van der Waals surface area contributed by atoms with Gasteiger partial charge in [0.15, 0.2) is 14.7 Å². The van der Waals surface area contributed by atoms with Crippen molar-refractivity contribution in [2.75, 3.05) is 0 Å². The van der Waals surface area contributed by atoms with Gasteiger partial charge in [-0.15, -0.1) is 0 Å². The lowest BCUT2D eigenvalue weighted by Crippen LogP contribution is -2.38. The quantitative estimate of drug-likeness (QED) is 0.229. The normalized spacial score (nSPS) is 15.1. The first-order valence-corrected chi connectivity index (χ1v) is 6.15. The zero-order valence-corrected chi connectivity index (χ0v) is 7.41. The predicted octanol–water partition coefficient (Wildman–Crippen LogP) is -1.92. The molecule has 0 spiro atoms. The molecule has 68 valence electrons. The summed E-state index contributed by atoms with van der Waals surface area (Å²) >= 11 is 0. The molecule has 0 heterocycles. The lowest BCUT2D eigenvalue weighted by molar-refractivity contribution is 0.169. The molecule has 0 aromatic rings. The lowest BCUT2D eigenvalue weighted by Gasteiger charge is -2.33. The summed E-state index contributed by atoms with van der Waals surface area (Å²) in [5.74, 6) is 0. The van der Waals surface area contributed by atoms with Crippen molar-refractivity contribution in [2.24, 2.45) is 5.73 Å². The minimum absolute atomic E-state index is 2.72. The molecule has 7 N–H and O–H groups in total. The molecule has 0 bridgehead atoms. The van der Waals surface area contributed by atoms with Gasteiger partial charge in [-0.2, -0.15) is 0 Å². The van der Waals surface area contributed by atoms with E-state index in [0.29, 0.717) is 0 Å². The van der Waals surface area contributed by atoms with Crippen molar-refractivity contribution < 1.29 is 24.7 Å². The third-order valence-electron chi connectivity index (χ3n) is 1.05. The van der Waals surface area contributed by atoms with Crippen LogP contribution in [0.2, 0.25) is 0 Å². The molecule has 6 nitrogen and oxygen atoms in total. The van der Waals surface area contributed by atoms with E-state index in [0.717, 1.165) is 0 Å². The summed E-state index contributed by atoms with van der Waals surface area (Å²) in [6, 6.07) is 0. The van der Waals surface area contributed by atoms with Crippen LogP contribution in [0.25, 0.3) is 0 Å². The first kappa shape index (κ1) is 11.4. The Morgan fingerprint density at radius 3 is 1.18 bits per heavy atom. The van der Waals surface area contributed by atoms with Crippen LogP contribution in [0.5, 0.6) is 0 Å². The SMILES string of the molecule is C=P(O)(O)C(N)(O)P(=C)(O)O. The van der Waals surface area contributed by atoms with Gasteiger partial charge in [-0.1, -0.05) is 0 Å². The van der Waals surface area contributed by atoms with Crippen LogP contribution in [0.4, 0.5) is 0 Å². The number of hydrogen-bond acceptors (Lipinski definition) is 6. The number of aliphatic hydroxyl groups is 1. The van der Waals surface area contributed by atoms with Crippen molar-refractivity contribution in [1.82, 2.24) is 0 Å². The van der Waals surface area contributed by atoms with Gasteiger partial charge in [0.2, 0.25) is 5.21 Å². The van der Waals surface area contributed by atoms with Crippen LogP contribution in [0, 0.1) is 0 Å². The van der Waals surface area contributed by atoms with Crippen LogP contribution >= 0.6 is 14.7 Å². The van der Waals surface area contributed by atoms with Crippen molar-refractivity contribution in [3.8, 4) is 0 Å². The standard InChI is InChI=1S/C3H11NO5P2/c1-10(6,7)3(4,5)11(2,8)9/h5-9H,1-2,4H2. The Bertz CT molecular complexity index is 212. The number of rotatable bonds is 2. The van der Waals surface area contributed by atoms with Crippen molar-refractivity contribution in [3.63, 3.8) is 0 Å². The Kier molecular flexibility index (Phi) is 2.78. The minimum atomic E-state index is -4.17. The Hall–Kier alpha value is 0.360. The molecule has 0 saturated heterocycles. The van der Waals surface area contributed by atoms with E-state index in [9.17, 15) is 0 Å². The maximum Gasteiger partial charge on any atom is 0.245 e. The lowest BCUT2D eigenvalue weighted by atomic mass is 11.3. The molecule has 0 radical (unpaired) electrons. The maximum atomic E-state index is 8.94. The molecule has 0 rings (SSSR count). The van der Waals surface area contributed by atoms with Gasteiger partial charge >= 0.3 is 0 Å². The van der Waals surface area contributed by atoms with E-state index in [1.165, 1.54) is 0 Å². The van der Waals surface area contributed by atoms with E-state index in [2.05, 4.69) is 12.6 Å². The molecule has 0 aromatic carbocycles. The Morgan fingerprint density at radius 2 is 1.18 bits per heavy atom.